The first kappa shape index (κ1) is 11.8. The highest BCUT2D eigenvalue weighted by Crippen LogP contribution is 2.26. The molecule has 0 aromatic rings. The lowest BCUT2D eigenvalue weighted by atomic mass is 10.1. The normalized spacial score (nSPS) is 17.7. The quantitative estimate of drug-likeness (QED) is 0.708. The Kier molecular flexibility index (Phi) is 3.55. The van der Waals surface area contributed by atoms with Gasteiger partial charge in [0.25, 0.3) is 0 Å². The molecule has 0 aromatic carbocycles. The van der Waals surface area contributed by atoms with Crippen LogP contribution in [-0.4, -0.2) is 18.4 Å². The Balaban J connectivity index is 2.57. The van der Waals surface area contributed by atoms with Crippen LogP contribution in [0, 0.1) is 0 Å². The zero-order chi connectivity index (χ0) is 11.5. The van der Waals surface area contributed by atoms with E-state index in [-0.39, 0.29) is 12.5 Å². The average molecular weight is 218 g/mol. The summed E-state index contributed by atoms with van der Waals surface area (Å²) in [6, 6.07) is 0.152. The molecule has 0 fully saturated rings. The van der Waals surface area contributed by atoms with E-state index in [0.717, 1.165) is 11.6 Å². The number of nitrogens with one attached hydrogen (secondary N) is 1. The third-order valence-electron chi connectivity index (χ3n) is 1.80. The number of allylic oxidation sites excluding steroid dienone is 3. The summed E-state index contributed by atoms with van der Waals surface area (Å²) in [7, 11) is 0. The number of dihydropyridines is 1. The van der Waals surface area contributed by atoms with Gasteiger partial charge in [-0.1, -0.05) is 6.08 Å². The number of halogens is 3. The third-order valence-corrected chi connectivity index (χ3v) is 1.80. The van der Waals surface area contributed by atoms with Crippen molar-refractivity contribution in [1.82, 2.24) is 5.32 Å². The molecule has 0 aliphatic carbocycles. The number of hydrogen-bond donors (Lipinski definition) is 1. The maximum absolute atomic E-state index is 12.2. The van der Waals surface area contributed by atoms with Crippen molar-refractivity contribution < 1.29 is 13.2 Å². The molecule has 0 bridgehead atoms. The van der Waals surface area contributed by atoms with Crippen LogP contribution < -0.4 is 5.32 Å². The van der Waals surface area contributed by atoms with Gasteiger partial charge in [0.15, 0.2) is 0 Å². The molecule has 15 heavy (non-hydrogen) atoms. The lowest BCUT2D eigenvalue weighted by Crippen LogP contribution is -2.25. The molecule has 1 aliphatic heterocycles. The molecule has 0 spiro atoms. The van der Waals surface area contributed by atoms with Gasteiger partial charge in [0.2, 0.25) is 0 Å². The standard InChI is InChI=1S/C10H13F3N2/c1-7(2)14-5-8-3-4-9(15-6-8)10(11,12)13/h4-7,15H,3H2,1-2H3. The first-order valence-corrected chi connectivity index (χ1v) is 4.65. The fraction of sp³-hybridized carbons (Fsp3) is 0.500. The van der Waals surface area contributed by atoms with Gasteiger partial charge in [-0.15, -0.1) is 0 Å². The van der Waals surface area contributed by atoms with Crippen molar-refractivity contribution in [1.29, 1.82) is 0 Å². The summed E-state index contributed by atoms with van der Waals surface area (Å²) in [5.74, 6) is 0. The maximum Gasteiger partial charge on any atom is 0.430 e. The Bertz CT molecular complexity index is 311. The molecule has 0 atom stereocenters. The van der Waals surface area contributed by atoms with E-state index in [0.29, 0.717) is 0 Å². The van der Waals surface area contributed by atoms with Crippen molar-refractivity contribution in [3.63, 3.8) is 0 Å². The molecule has 0 aromatic heterocycles. The number of alkyl halides is 3. The molecule has 2 nitrogen and oxygen atoms in total. The van der Waals surface area contributed by atoms with E-state index < -0.39 is 11.9 Å². The number of aliphatic imine (C=N–C) groups is 1. The fourth-order valence-corrected chi connectivity index (χ4v) is 1.04. The molecule has 0 saturated heterocycles. The van der Waals surface area contributed by atoms with E-state index in [1.807, 2.05) is 13.8 Å². The van der Waals surface area contributed by atoms with E-state index in [4.69, 9.17) is 0 Å². The molecule has 0 radical (unpaired) electrons. The van der Waals surface area contributed by atoms with Gasteiger partial charge in [0, 0.05) is 18.5 Å². The SMILES string of the molecule is CC(C)N=CC1=CNC(C(F)(F)F)=CC1. The average Bonchev–Trinajstić information content (AvgIpc) is 2.14. The summed E-state index contributed by atoms with van der Waals surface area (Å²) in [5.41, 5.74) is 0.0425. The second-order valence-corrected chi connectivity index (χ2v) is 3.56. The lowest BCUT2D eigenvalue weighted by Gasteiger charge is -2.16. The molecule has 1 aliphatic rings. The summed E-state index contributed by atoms with van der Waals surface area (Å²) >= 11 is 0. The van der Waals surface area contributed by atoms with Gasteiger partial charge in [-0.05, 0) is 25.8 Å². The molecular weight excluding hydrogens is 205 g/mol. The van der Waals surface area contributed by atoms with Crippen molar-refractivity contribution in [2.45, 2.75) is 32.5 Å². The Morgan fingerprint density at radius 3 is 2.53 bits per heavy atom. The monoisotopic (exact) mass is 218 g/mol. The van der Waals surface area contributed by atoms with Crippen molar-refractivity contribution in [3.05, 3.63) is 23.5 Å². The molecule has 1 heterocycles. The number of hydrogen-bond acceptors (Lipinski definition) is 2. The minimum absolute atomic E-state index is 0.152. The highest BCUT2D eigenvalue weighted by Gasteiger charge is 2.33. The predicted octanol–water partition coefficient (Wildman–Crippen LogP) is 2.79. The van der Waals surface area contributed by atoms with E-state index in [1.54, 1.807) is 6.21 Å². The summed E-state index contributed by atoms with van der Waals surface area (Å²) in [6.07, 6.45) is 0.0347. The zero-order valence-electron chi connectivity index (χ0n) is 8.60. The van der Waals surface area contributed by atoms with E-state index in [1.165, 1.54) is 6.20 Å². The minimum atomic E-state index is -4.29. The minimum Gasteiger partial charge on any atom is -0.358 e. The van der Waals surface area contributed by atoms with Gasteiger partial charge in [0.05, 0.1) is 0 Å². The first-order chi connectivity index (χ1) is 6.89. The predicted molar refractivity (Wildman–Crippen MR) is 53.6 cm³/mol. The van der Waals surface area contributed by atoms with Crippen molar-refractivity contribution >= 4 is 6.21 Å². The van der Waals surface area contributed by atoms with Crippen LogP contribution in [0.2, 0.25) is 0 Å². The lowest BCUT2D eigenvalue weighted by molar-refractivity contribution is -0.0958. The first-order valence-electron chi connectivity index (χ1n) is 4.65. The van der Waals surface area contributed by atoms with Crippen LogP contribution in [0.4, 0.5) is 13.2 Å². The fourth-order valence-electron chi connectivity index (χ4n) is 1.04. The van der Waals surface area contributed by atoms with Crippen LogP contribution in [0.5, 0.6) is 0 Å². The van der Waals surface area contributed by atoms with Gasteiger partial charge in [0.1, 0.15) is 5.70 Å². The molecule has 0 saturated carbocycles. The Morgan fingerprint density at radius 1 is 1.47 bits per heavy atom. The van der Waals surface area contributed by atoms with Gasteiger partial charge >= 0.3 is 6.18 Å². The van der Waals surface area contributed by atoms with Gasteiger partial charge < -0.3 is 5.32 Å². The van der Waals surface area contributed by atoms with Gasteiger partial charge in [-0.3, -0.25) is 4.99 Å². The molecule has 1 N–H and O–H groups in total. The van der Waals surface area contributed by atoms with Crippen LogP contribution >= 0.6 is 0 Å². The Hall–Kier alpha value is -1.26. The van der Waals surface area contributed by atoms with Crippen LogP contribution in [0.25, 0.3) is 0 Å². The van der Waals surface area contributed by atoms with Crippen LogP contribution in [0.15, 0.2) is 28.5 Å². The van der Waals surface area contributed by atoms with Crippen molar-refractivity contribution in [2.75, 3.05) is 0 Å². The molecule has 84 valence electrons. The largest absolute Gasteiger partial charge is 0.430 e. The zero-order valence-corrected chi connectivity index (χ0v) is 8.60. The van der Waals surface area contributed by atoms with E-state index >= 15 is 0 Å². The number of nitrogens with zero attached hydrogens (tertiary/aromatic N) is 1. The smallest absolute Gasteiger partial charge is 0.358 e. The molecular formula is C10H13F3N2. The topological polar surface area (TPSA) is 24.4 Å². The Labute approximate surface area is 86.6 Å². The molecule has 1 rings (SSSR count). The summed E-state index contributed by atoms with van der Waals surface area (Å²) < 4.78 is 36.6. The molecule has 0 amide bonds. The van der Waals surface area contributed by atoms with Crippen molar-refractivity contribution in [3.8, 4) is 0 Å². The van der Waals surface area contributed by atoms with Crippen LogP contribution in [0.3, 0.4) is 0 Å². The highest BCUT2D eigenvalue weighted by atomic mass is 19.4. The summed E-state index contributed by atoms with van der Waals surface area (Å²) in [4.78, 5) is 4.09. The number of rotatable bonds is 2. The van der Waals surface area contributed by atoms with Crippen LogP contribution in [0.1, 0.15) is 20.3 Å². The summed E-state index contributed by atoms with van der Waals surface area (Å²) in [5, 5.41) is 2.22. The van der Waals surface area contributed by atoms with Crippen LogP contribution in [-0.2, 0) is 0 Å². The Morgan fingerprint density at radius 2 is 2.13 bits per heavy atom. The second-order valence-electron chi connectivity index (χ2n) is 3.56. The van der Waals surface area contributed by atoms with Gasteiger partial charge in [-0.25, -0.2) is 0 Å². The van der Waals surface area contributed by atoms with Crippen molar-refractivity contribution in [2.24, 2.45) is 4.99 Å². The van der Waals surface area contributed by atoms with Gasteiger partial charge in [-0.2, -0.15) is 13.2 Å². The van der Waals surface area contributed by atoms with E-state index in [9.17, 15) is 13.2 Å². The van der Waals surface area contributed by atoms with E-state index in [2.05, 4.69) is 10.3 Å². The summed E-state index contributed by atoms with van der Waals surface area (Å²) in [6.45, 7) is 3.81. The second kappa shape index (κ2) is 4.51. The highest BCUT2D eigenvalue weighted by molar-refractivity contribution is 5.79. The molecule has 0 unspecified atom stereocenters. The maximum atomic E-state index is 12.2. The third kappa shape index (κ3) is 3.77. The molecule has 5 heteroatoms.